The number of nitrogens with zero attached hydrogens (tertiary/aromatic N) is 2. The molecule has 2 heterocycles. The van der Waals surface area contributed by atoms with Gasteiger partial charge >= 0.3 is 0 Å². The van der Waals surface area contributed by atoms with Gasteiger partial charge in [-0.1, -0.05) is 22.0 Å². The molecule has 0 spiro atoms. The van der Waals surface area contributed by atoms with Crippen LogP contribution in [0.5, 0.6) is 0 Å². The van der Waals surface area contributed by atoms with Crippen molar-refractivity contribution in [2.24, 2.45) is 10.7 Å². The highest BCUT2D eigenvalue weighted by Crippen LogP contribution is 2.36. The number of anilines is 1. The van der Waals surface area contributed by atoms with Gasteiger partial charge in [-0.2, -0.15) is 0 Å². The molecule has 0 radical (unpaired) electrons. The van der Waals surface area contributed by atoms with Crippen LogP contribution in [0, 0.1) is 6.92 Å². The van der Waals surface area contributed by atoms with Crippen molar-refractivity contribution in [2.45, 2.75) is 13.0 Å². The molecule has 1 aromatic heterocycles. The van der Waals surface area contributed by atoms with Gasteiger partial charge in [0.25, 0.3) is 0 Å². The maximum Gasteiger partial charge on any atom is 0.196 e. The van der Waals surface area contributed by atoms with E-state index in [9.17, 15) is 0 Å². The quantitative estimate of drug-likeness (QED) is 0.909. The fourth-order valence-electron chi connectivity index (χ4n) is 2.36. The van der Waals surface area contributed by atoms with Crippen LogP contribution in [0.2, 0.25) is 0 Å². The largest absolute Gasteiger partial charge is 0.369 e. The van der Waals surface area contributed by atoms with Gasteiger partial charge in [0, 0.05) is 15.0 Å². The van der Waals surface area contributed by atoms with Crippen molar-refractivity contribution in [2.75, 3.05) is 11.4 Å². The van der Waals surface area contributed by atoms with Crippen LogP contribution in [-0.4, -0.2) is 12.5 Å². The molecule has 1 aliphatic heterocycles. The number of nitrogens with two attached hydrogens (primary N) is 1. The second-order valence-electron chi connectivity index (χ2n) is 4.53. The first-order valence-corrected chi connectivity index (χ1v) is 7.73. The Labute approximate surface area is 124 Å². The monoisotopic (exact) mass is 335 g/mol. The second-order valence-corrected chi connectivity index (χ2v) is 6.40. The summed E-state index contributed by atoms with van der Waals surface area (Å²) in [5, 5.41) is 2.12. The van der Waals surface area contributed by atoms with E-state index in [-0.39, 0.29) is 6.04 Å². The first-order valence-electron chi connectivity index (χ1n) is 6.05. The molecule has 19 heavy (non-hydrogen) atoms. The molecule has 3 rings (SSSR count). The van der Waals surface area contributed by atoms with Crippen molar-refractivity contribution in [1.29, 1.82) is 0 Å². The predicted molar refractivity (Wildman–Crippen MR) is 84.9 cm³/mol. The maximum absolute atomic E-state index is 6.07. The van der Waals surface area contributed by atoms with Crippen LogP contribution < -0.4 is 10.6 Å². The van der Waals surface area contributed by atoms with Crippen molar-refractivity contribution < 1.29 is 0 Å². The Bertz CT molecular complexity index is 635. The van der Waals surface area contributed by atoms with Crippen LogP contribution in [0.15, 0.2) is 45.2 Å². The average molecular weight is 336 g/mol. The summed E-state index contributed by atoms with van der Waals surface area (Å²) < 4.78 is 1.05. The summed E-state index contributed by atoms with van der Waals surface area (Å²) in [6.07, 6.45) is 0. The number of aliphatic imine (C=N–C) groups is 1. The summed E-state index contributed by atoms with van der Waals surface area (Å²) in [7, 11) is 0. The van der Waals surface area contributed by atoms with Gasteiger partial charge in [0.05, 0.1) is 12.6 Å². The minimum Gasteiger partial charge on any atom is -0.369 e. The van der Waals surface area contributed by atoms with Gasteiger partial charge in [-0.3, -0.25) is 4.99 Å². The summed E-state index contributed by atoms with van der Waals surface area (Å²) >= 11 is 5.28. The molecule has 0 fully saturated rings. The van der Waals surface area contributed by atoms with E-state index in [2.05, 4.69) is 56.3 Å². The van der Waals surface area contributed by atoms with Crippen molar-refractivity contribution in [3.8, 4) is 0 Å². The fourth-order valence-corrected chi connectivity index (χ4v) is 3.76. The number of hydrogen-bond acceptors (Lipinski definition) is 4. The molecule has 5 heteroatoms. The molecular formula is C14H14BrN3S. The molecule has 1 aliphatic rings. The molecule has 98 valence electrons. The second kappa shape index (κ2) is 4.98. The molecule has 0 aliphatic carbocycles. The number of benzene rings is 1. The molecule has 0 bridgehead atoms. The van der Waals surface area contributed by atoms with Crippen LogP contribution in [0.3, 0.4) is 0 Å². The summed E-state index contributed by atoms with van der Waals surface area (Å²) in [4.78, 5) is 7.87. The van der Waals surface area contributed by atoms with Gasteiger partial charge in [-0.25, -0.2) is 0 Å². The van der Waals surface area contributed by atoms with E-state index in [4.69, 9.17) is 5.73 Å². The number of rotatable bonds is 2. The standard InChI is InChI=1S/C14H14BrN3S/c1-9-5-6-19-13(9)12-8-17-14(16)18(12)11-4-2-3-10(15)7-11/h2-7,12H,8H2,1H3,(H2,16,17). The molecule has 2 N–H and O–H groups in total. The highest BCUT2D eigenvalue weighted by atomic mass is 79.9. The SMILES string of the molecule is Cc1ccsc1C1CN=C(N)N1c1cccc(Br)c1. The Kier molecular flexibility index (Phi) is 3.33. The van der Waals surface area contributed by atoms with Crippen molar-refractivity contribution in [1.82, 2.24) is 0 Å². The highest BCUT2D eigenvalue weighted by Gasteiger charge is 2.30. The third-order valence-electron chi connectivity index (χ3n) is 3.28. The van der Waals surface area contributed by atoms with Crippen LogP contribution >= 0.6 is 27.3 Å². The Morgan fingerprint density at radius 3 is 2.95 bits per heavy atom. The first-order chi connectivity index (χ1) is 9.16. The molecule has 0 saturated heterocycles. The lowest BCUT2D eigenvalue weighted by molar-refractivity contribution is 0.779. The number of thiophene rings is 1. The minimum atomic E-state index is 0.217. The first kappa shape index (κ1) is 12.7. The smallest absolute Gasteiger partial charge is 0.196 e. The minimum absolute atomic E-state index is 0.217. The van der Waals surface area contributed by atoms with Gasteiger partial charge in [0.1, 0.15) is 0 Å². The predicted octanol–water partition coefficient (Wildman–Crippen LogP) is 3.70. The van der Waals surface area contributed by atoms with Gasteiger partial charge in [0.2, 0.25) is 0 Å². The molecule has 0 amide bonds. The van der Waals surface area contributed by atoms with E-state index in [1.165, 1.54) is 10.4 Å². The Hall–Kier alpha value is -1.33. The van der Waals surface area contributed by atoms with Crippen LogP contribution in [0.25, 0.3) is 0 Å². The van der Waals surface area contributed by atoms with E-state index in [1.54, 1.807) is 11.3 Å². The van der Waals surface area contributed by atoms with Crippen molar-refractivity contribution in [3.05, 3.63) is 50.6 Å². The normalized spacial score (nSPS) is 18.7. The summed E-state index contributed by atoms with van der Waals surface area (Å²) in [6, 6.07) is 10.5. The zero-order chi connectivity index (χ0) is 13.4. The third-order valence-corrected chi connectivity index (χ3v) is 4.89. The fraction of sp³-hybridized carbons (Fsp3) is 0.214. The van der Waals surface area contributed by atoms with Crippen LogP contribution in [0.1, 0.15) is 16.5 Å². The lowest BCUT2D eigenvalue weighted by Crippen LogP contribution is -2.36. The molecular weight excluding hydrogens is 322 g/mol. The molecule has 1 atom stereocenters. The zero-order valence-electron chi connectivity index (χ0n) is 10.5. The Morgan fingerprint density at radius 2 is 2.26 bits per heavy atom. The summed E-state index contributed by atoms with van der Waals surface area (Å²) in [5.41, 5.74) is 8.45. The molecule has 2 aromatic rings. The third kappa shape index (κ3) is 2.28. The molecule has 1 unspecified atom stereocenters. The van der Waals surface area contributed by atoms with Crippen molar-refractivity contribution >= 4 is 38.9 Å². The van der Waals surface area contributed by atoms with E-state index < -0.39 is 0 Å². The number of guanidine groups is 1. The number of aryl methyl sites for hydroxylation is 1. The van der Waals surface area contributed by atoms with E-state index >= 15 is 0 Å². The van der Waals surface area contributed by atoms with E-state index in [0.29, 0.717) is 5.96 Å². The van der Waals surface area contributed by atoms with E-state index in [1.807, 2.05) is 12.1 Å². The van der Waals surface area contributed by atoms with Gasteiger partial charge in [0.15, 0.2) is 5.96 Å². The van der Waals surface area contributed by atoms with Crippen molar-refractivity contribution in [3.63, 3.8) is 0 Å². The van der Waals surface area contributed by atoms with Gasteiger partial charge < -0.3 is 10.6 Å². The summed E-state index contributed by atoms with van der Waals surface area (Å²) in [5.74, 6) is 0.593. The molecule has 1 aromatic carbocycles. The lowest BCUT2D eigenvalue weighted by atomic mass is 10.1. The Balaban J connectivity index is 2.02. The maximum atomic E-state index is 6.07. The number of hydrogen-bond donors (Lipinski definition) is 1. The zero-order valence-corrected chi connectivity index (χ0v) is 12.9. The van der Waals surface area contributed by atoms with Gasteiger partial charge in [-0.15, -0.1) is 11.3 Å². The van der Waals surface area contributed by atoms with Gasteiger partial charge in [-0.05, 0) is 42.1 Å². The highest BCUT2D eigenvalue weighted by molar-refractivity contribution is 9.10. The molecule has 0 saturated carbocycles. The topological polar surface area (TPSA) is 41.6 Å². The lowest BCUT2D eigenvalue weighted by Gasteiger charge is -2.26. The summed E-state index contributed by atoms with van der Waals surface area (Å²) in [6.45, 7) is 2.86. The average Bonchev–Trinajstić information content (AvgIpc) is 2.95. The van der Waals surface area contributed by atoms with Crippen LogP contribution in [-0.2, 0) is 0 Å². The van der Waals surface area contributed by atoms with Crippen LogP contribution in [0.4, 0.5) is 5.69 Å². The number of halogens is 1. The van der Waals surface area contributed by atoms with E-state index in [0.717, 1.165) is 16.7 Å². The molecule has 3 nitrogen and oxygen atoms in total. The Morgan fingerprint density at radius 1 is 1.42 bits per heavy atom.